The zero-order chi connectivity index (χ0) is 14.7. The summed E-state index contributed by atoms with van der Waals surface area (Å²) in [6.45, 7) is 7.22. The predicted molar refractivity (Wildman–Crippen MR) is 80.9 cm³/mol. The number of hydrogen-bond acceptors (Lipinski definition) is 2. The van der Waals surface area contributed by atoms with Gasteiger partial charge in [-0.05, 0) is 32.4 Å². The van der Waals surface area contributed by atoms with Crippen LogP contribution < -0.4 is 5.56 Å². The highest BCUT2D eigenvalue weighted by Crippen LogP contribution is 2.15. The molecule has 0 saturated heterocycles. The molecule has 0 aliphatic rings. The van der Waals surface area contributed by atoms with E-state index >= 15 is 0 Å². The fourth-order valence-corrected chi connectivity index (χ4v) is 2.48. The van der Waals surface area contributed by atoms with Gasteiger partial charge in [0.05, 0.1) is 5.52 Å². The SMILES string of the molecule is CCN(CC)C(=O)Cn1c(=O)cc(C)c2ccccc21. The van der Waals surface area contributed by atoms with Gasteiger partial charge in [-0.2, -0.15) is 0 Å². The molecule has 1 heterocycles. The monoisotopic (exact) mass is 272 g/mol. The molecule has 0 saturated carbocycles. The number of likely N-dealkylation sites (N-methyl/N-ethyl adjacent to an activating group) is 1. The van der Waals surface area contributed by atoms with Crippen molar-refractivity contribution in [1.82, 2.24) is 9.47 Å². The number of nitrogens with zero attached hydrogens (tertiary/aromatic N) is 2. The molecule has 0 aliphatic heterocycles. The van der Waals surface area contributed by atoms with Gasteiger partial charge in [-0.3, -0.25) is 14.2 Å². The lowest BCUT2D eigenvalue weighted by Gasteiger charge is -2.20. The molecule has 1 aromatic carbocycles. The minimum atomic E-state index is -0.123. The number of rotatable bonds is 4. The van der Waals surface area contributed by atoms with Gasteiger partial charge >= 0.3 is 0 Å². The standard InChI is InChI=1S/C16H20N2O2/c1-4-17(5-2)16(20)11-18-14-9-7-6-8-13(14)12(3)10-15(18)19/h6-10H,4-5,11H2,1-3H3. The molecule has 0 fully saturated rings. The Hall–Kier alpha value is -2.10. The second-order valence-electron chi connectivity index (χ2n) is 4.83. The average molecular weight is 272 g/mol. The van der Waals surface area contributed by atoms with Crippen LogP contribution in [-0.2, 0) is 11.3 Å². The summed E-state index contributed by atoms with van der Waals surface area (Å²) in [5, 5.41) is 1.01. The van der Waals surface area contributed by atoms with Gasteiger partial charge in [0.15, 0.2) is 0 Å². The van der Waals surface area contributed by atoms with Gasteiger partial charge in [-0.25, -0.2) is 0 Å². The Kier molecular flexibility index (Phi) is 4.23. The minimum absolute atomic E-state index is 0.0221. The summed E-state index contributed by atoms with van der Waals surface area (Å²) >= 11 is 0. The van der Waals surface area contributed by atoms with Crippen molar-refractivity contribution in [3.8, 4) is 0 Å². The molecule has 0 bridgehead atoms. The third-order valence-electron chi connectivity index (χ3n) is 3.64. The van der Waals surface area contributed by atoms with Crippen LogP contribution in [0.15, 0.2) is 35.1 Å². The van der Waals surface area contributed by atoms with Crippen molar-refractivity contribution in [1.29, 1.82) is 0 Å². The predicted octanol–water partition coefficient (Wildman–Crippen LogP) is 2.18. The van der Waals surface area contributed by atoms with Crippen LogP contribution in [0.1, 0.15) is 19.4 Å². The molecule has 0 spiro atoms. The molecule has 0 aliphatic carbocycles. The summed E-state index contributed by atoms with van der Waals surface area (Å²) in [4.78, 5) is 26.1. The molecular formula is C16H20N2O2. The number of amides is 1. The van der Waals surface area contributed by atoms with E-state index in [0.29, 0.717) is 13.1 Å². The molecule has 4 heteroatoms. The molecule has 2 rings (SSSR count). The Morgan fingerprint density at radius 3 is 2.50 bits per heavy atom. The van der Waals surface area contributed by atoms with E-state index in [1.54, 1.807) is 15.5 Å². The first-order chi connectivity index (χ1) is 9.58. The van der Waals surface area contributed by atoms with Crippen molar-refractivity contribution in [3.05, 3.63) is 46.2 Å². The van der Waals surface area contributed by atoms with Crippen molar-refractivity contribution in [3.63, 3.8) is 0 Å². The van der Waals surface area contributed by atoms with Crippen molar-refractivity contribution in [2.75, 3.05) is 13.1 Å². The number of benzene rings is 1. The Bertz CT molecular complexity index is 684. The fraction of sp³-hybridized carbons (Fsp3) is 0.375. The van der Waals surface area contributed by atoms with E-state index in [1.165, 1.54) is 0 Å². The molecule has 4 nitrogen and oxygen atoms in total. The zero-order valence-corrected chi connectivity index (χ0v) is 12.2. The van der Waals surface area contributed by atoms with Crippen molar-refractivity contribution in [2.24, 2.45) is 0 Å². The van der Waals surface area contributed by atoms with Crippen LogP contribution in [0.3, 0.4) is 0 Å². The quantitative estimate of drug-likeness (QED) is 0.856. The molecule has 106 valence electrons. The minimum Gasteiger partial charge on any atom is -0.342 e. The fourth-order valence-electron chi connectivity index (χ4n) is 2.48. The summed E-state index contributed by atoms with van der Waals surface area (Å²) in [5.74, 6) is -0.0221. The van der Waals surface area contributed by atoms with Crippen LogP contribution in [0.25, 0.3) is 10.9 Å². The Labute approximate surface area is 118 Å². The molecule has 0 N–H and O–H groups in total. The molecule has 1 amide bonds. The number of aromatic nitrogens is 1. The van der Waals surface area contributed by atoms with Crippen LogP contribution in [0.2, 0.25) is 0 Å². The number of pyridine rings is 1. The number of fused-ring (bicyclic) bond motifs is 1. The largest absolute Gasteiger partial charge is 0.342 e. The van der Waals surface area contributed by atoms with Gasteiger partial charge in [0, 0.05) is 24.5 Å². The van der Waals surface area contributed by atoms with E-state index in [2.05, 4.69) is 0 Å². The lowest BCUT2D eigenvalue weighted by Crippen LogP contribution is -2.36. The second-order valence-corrected chi connectivity index (χ2v) is 4.83. The Morgan fingerprint density at radius 1 is 1.20 bits per heavy atom. The third kappa shape index (κ3) is 2.59. The number of aryl methyl sites for hydroxylation is 1. The number of hydrogen-bond donors (Lipinski definition) is 0. The van der Waals surface area contributed by atoms with Crippen molar-refractivity contribution < 1.29 is 4.79 Å². The number of carbonyl (C=O) groups excluding carboxylic acids is 1. The molecule has 20 heavy (non-hydrogen) atoms. The number of para-hydroxylation sites is 1. The van der Waals surface area contributed by atoms with Gasteiger partial charge in [0.2, 0.25) is 5.91 Å². The lowest BCUT2D eigenvalue weighted by molar-refractivity contribution is -0.131. The van der Waals surface area contributed by atoms with E-state index < -0.39 is 0 Å². The topological polar surface area (TPSA) is 42.3 Å². The van der Waals surface area contributed by atoms with Gasteiger partial charge in [-0.15, -0.1) is 0 Å². The van der Waals surface area contributed by atoms with Crippen molar-refractivity contribution in [2.45, 2.75) is 27.3 Å². The third-order valence-corrected chi connectivity index (χ3v) is 3.64. The van der Waals surface area contributed by atoms with Gasteiger partial charge < -0.3 is 4.90 Å². The van der Waals surface area contributed by atoms with Crippen LogP contribution >= 0.6 is 0 Å². The van der Waals surface area contributed by atoms with E-state index in [9.17, 15) is 9.59 Å². The Balaban J connectivity index is 2.50. The van der Waals surface area contributed by atoms with E-state index in [0.717, 1.165) is 16.5 Å². The van der Waals surface area contributed by atoms with Crippen LogP contribution in [0.4, 0.5) is 0 Å². The highest BCUT2D eigenvalue weighted by atomic mass is 16.2. The maximum atomic E-state index is 12.2. The highest BCUT2D eigenvalue weighted by molar-refractivity contribution is 5.84. The molecule has 1 aromatic heterocycles. The average Bonchev–Trinajstić information content (AvgIpc) is 2.45. The van der Waals surface area contributed by atoms with E-state index in [-0.39, 0.29) is 18.0 Å². The molecule has 0 radical (unpaired) electrons. The number of carbonyl (C=O) groups is 1. The highest BCUT2D eigenvalue weighted by Gasteiger charge is 2.13. The van der Waals surface area contributed by atoms with Gasteiger partial charge in [-0.1, -0.05) is 18.2 Å². The van der Waals surface area contributed by atoms with Crippen molar-refractivity contribution >= 4 is 16.8 Å². The lowest BCUT2D eigenvalue weighted by atomic mass is 10.1. The zero-order valence-electron chi connectivity index (χ0n) is 12.2. The maximum absolute atomic E-state index is 12.2. The van der Waals surface area contributed by atoms with Gasteiger partial charge in [0.25, 0.3) is 5.56 Å². The van der Waals surface area contributed by atoms with Crippen LogP contribution in [-0.4, -0.2) is 28.5 Å². The second kappa shape index (κ2) is 5.90. The smallest absolute Gasteiger partial charge is 0.251 e. The Morgan fingerprint density at radius 2 is 1.85 bits per heavy atom. The molecule has 0 atom stereocenters. The first kappa shape index (κ1) is 14.3. The summed E-state index contributed by atoms with van der Waals surface area (Å²) in [6, 6.07) is 9.29. The molecular weight excluding hydrogens is 252 g/mol. The van der Waals surface area contributed by atoms with E-state index in [4.69, 9.17) is 0 Å². The first-order valence-corrected chi connectivity index (χ1v) is 6.95. The maximum Gasteiger partial charge on any atom is 0.251 e. The molecule has 0 unspecified atom stereocenters. The summed E-state index contributed by atoms with van der Waals surface area (Å²) < 4.78 is 1.56. The molecule has 2 aromatic rings. The van der Waals surface area contributed by atoms with E-state index in [1.807, 2.05) is 45.0 Å². The van der Waals surface area contributed by atoms with Crippen LogP contribution in [0, 0.1) is 6.92 Å². The van der Waals surface area contributed by atoms with Crippen LogP contribution in [0.5, 0.6) is 0 Å². The first-order valence-electron chi connectivity index (χ1n) is 6.95. The summed E-state index contributed by atoms with van der Waals surface area (Å²) in [6.07, 6.45) is 0. The normalized spacial score (nSPS) is 10.8. The summed E-state index contributed by atoms with van der Waals surface area (Å²) in [7, 11) is 0. The van der Waals surface area contributed by atoms with Gasteiger partial charge in [0.1, 0.15) is 6.54 Å². The summed E-state index contributed by atoms with van der Waals surface area (Å²) in [5.41, 5.74) is 1.64.